The van der Waals surface area contributed by atoms with Gasteiger partial charge in [-0.25, -0.2) is 9.59 Å². The molecule has 8 atom stereocenters. The molecule has 9 nitrogen and oxygen atoms in total. The maximum atomic E-state index is 12.6. The number of carbonyl (C=O) groups excluding carboxylic acids is 3. The van der Waals surface area contributed by atoms with Crippen LogP contribution in [-0.2, 0) is 38.1 Å². The Kier molecular flexibility index (Phi) is 8.26. The second-order valence-corrected chi connectivity index (χ2v) is 10.8. The lowest BCUT2D eigenvalue weighted by Crippen LogP contribution is -2.57. The second-order valence-electron chi connectivity index (χ2n) is 10.8. The number of ether oxygens (including phenoxy) is 5. The van der Waals surface area contributed by atoms with Crippen molar-refractivity contribution in [2.45, 2.75) is 83.3 Å². The molecule has 3 fully saturated rings. The molecule has 2 aliphatic carbocycles. The third-order valence-electron chi connectivity index (χ3n) is 8.59. The molecule has 0 aromatic carbocycles. The van der Waals surface area contributed by atoms with Gasteiger partial charge in [-0.05, 0) is 39.0 Å². The third-order valence-corrected chi connectivity index (χ3v) is 8.59. The molecule has 1 saturated carbocycles. The Bertz CT molecular complexity index is 983. The van der Waals surface area contributed by atoms with Crippen LogP contribution in [0.3, 0.4) is 0 Å². The van der Waals surface area contributed by atoms with E-state index in [1.54, 1.807) is 13.8 Å². The number of epoxide rings is 1. The van der Waals surface area contributed by atoms with Crippen molar-refractivity contribution in [1.29, 1.82) is 0 Å². The van der Waals surface area contributed by atoms with Crippen molar-refractivity contribution < 1.29 is 38.1 Å². The van der Waals surface area contributed by atoms with Gasteiger partial charge in [0, 0.05) is 29.9 Å². The maximum absolute atomic E-state index is 12.6. The molecule has 0 radical (unpaired) electrons. The summed E-state index contributed by atoms with van der Waals surface area (Å²) < 4.78 is 28.4. The van der Waals surface area contributed by atoms with E-state index in [0.717, 1.165) is 12.8 Å². The van der Waals surface area contributed by atoms with Gasteiger partial charge in [-0.2, -0.15) is 0 Å². The Morgan fingerprint density at radius 3 is 2.59 bits per heavy atom. The largest absolute Gasteiger partial charge is 0.465 e. The van der Waals surface area contributed by atoms with E-state index < -0.39 is 23.9 Å². The first-order valence-corrected chi connectivity index (χ1v) is 13.2. The minimum absolute atomic E-state index is 0.0376. The van der Waals surface area contributed by atoms with Crippen LogP contribution in [0.4, 0.5) is 0 Å². The van der Waals surface area contributed by atoms with Crippen molar-refractivity contribution in [3.63, 3.8) is 0 Å². The van der Waals surface area contributed by atoms with Crippen LogP contribution in [0.25, 0.3) is 0 Å². The molecule has 9 heteroatoms. The maximum Gasteiger partial charge on any atom is 0.331 e. The summed E-state index contributed by atoms with van der Waals surface area (Å²) in [6.45, 7) is 8.86. The summed E-state index contributed by atoms with van der Waals surface area (Å²) in [6, 6.07) is -0.762. The Balaban J connectivity index is 1.24. The standard InChI is InChI=1S/C28H39NO8/c1-5-33-26(32)25(29)18(3)12-13-34-23(30)8-6-7-9-24(31)37-21-15-22-28(16-35-28)27(21,4)19-11-10-17(2)14-20(19)36-22/h6-9,14,18-22,25H,5,10-13,15-16,29H2,1-4H3/b8-6+,9-7-/t18-,19?,20-,21-,22-,25+,27+,28+/m1/s1. The van der Waals surface area contributed by atoms with Gasteiger partial charge >= 0.3 is 17.9 Å². The van der Waals surface area contributed by atoms with Gasteiger partial charge in [0.2, 0.25) is 0 Å². The van der Waals surface area contributed by atoms with Gasteiger partial charge in [0.15, 0.2) is 0 Å². The average Bonchev–Trinajstić information content (AvgIpc) is 3.64. The van der Waals surface area contributed by atoms with E-state index in [4.69, 9.17) is 29.4 Å². The van der Waals surface area contributed by atoms with Crippen LogP contribution in [0, 0.1) is 17.3 Å². The predicted molar refractivity (Wildman–Crippen MR) is 134 cm³/mol. The molecule has 4 rings (SSSR count). The SMILES string of the molecule is CCOC(=O)[C@@H](N)[C@H](C)CCOC(=O)/C=C/C=C\C(=O)O[C@@H]1C[C@H]2O[C@@H]3C=C(C)CCC3[C@]1(C)[C@]21CO1. The lowest BCUT2D eigenvalue weighted by Gasteiger charge is -2.49. The summed E-state index contributed by atoms with van der Waals surface area (Å²) in [6.07, 6.45) is 10.4. The number of rotatable bonds is 10. The Hall–Kier alpha value is -2.49. The van der Waals surface area contributed by atoms with E-state index in [9.17, 15) is 14.4 Å². The van der Waals surface area contributed by atoms with Crippen molar-refractivity contribution in [3.8, 4) is 0 Å². The van der Waals surface area contributed by atoms with E-state index in [1.165, 1.54) is 29.9 Å². The molecule has 2 aliphatic heterocycles. The molecule has 1 unspecified atom stereocenters. The van der Waals surface area contributed by atoms with Crippen LogP contribution in [0.1, 0.15) is 53.4 Å². The smallest absolute Gasteiger partial charge is 0.331 e. The summed E-state index contributed by atoms with van der Waals surface area (Å²) in [7, 11) is 0. The summed E-state index contributed by atoms with van der Waals surface area (Å²) in [4.78, 5) is 36.2. The number of allylic oxidation sites excluding steroid dienone is 3. The summed E-state index contributed by atoms with van der Waals surface area (Å²) >= 11 is 0. The highest BCUT2D eigenvalue weighted by Crippen LogP contribution is 2.67. The first-order chi connectivity index (χ1) is 17.6. The zero-order valence-electron chi connectivity index (χ0n) is 22.1. The predicted octanol–water partition coefficient (Wildman–Crippen LogP) is 2.77. The number of hydrogen-bond acceptors (Lipinski definition) is 9. The monoisotopic (exact) mass is 517 g/mol. The number of nitrogens with two attached hydrogens (primary N) is 1. The van der Waals surface area contributed by atoms with Crippen molar-refractivity contribution >= 4 is 17.9 Å². The van der Waals surface area contributed by atoms with Crippen LogP contribution in [-0.4, -0.2) is 67.7 Å². The van der Waals surface area contributed by atoms with E-state index in [-0.39, 0.29) is 54.4 Å². The van der Waals surface area contributed by atoms with Crippen molar-refractivity contribution in [2.75, 3.05) is 19.8 Å². The van der Waals surface area contributed by atoms with Gasteiger partial charge in [-0.3, -0.25) is 4.79 Å². The first-order valence-electron chi connectivity index (χ1n) is 13.2. The number of esters is 3. The molecule has 0 aromatic rings. The van der Waals surface area contributed by atoms with Gasteiger partial charge in [-0.1, -0.05) is 37.6 Å². The lowest BCUT2D eigenvalue weighted by atomic mass is 9.61. The van der Waals surface area contributed by atoms with Gasteiger partial charge in [0.05, 0.1) is 32.0 Å². The highest BCUT2D eigenvalue weighted by molar-refractivity contribution is 5.84. The van der Waals surface area contributed by atoms with Crippen LogP contribution >= 0.6 is 0 Å². The first kappa shape index (κ1) is 27.5. The molecule has 1 spiro atoms. The fraction of sp³-hybridized carbons (Fsp3) is 0.679. The van der Waals surface area contributed by atoms with Gasteiger partial charge in [-0.15, -0.1) is 0 Å². The summed E-state index contributed by atoms with van der Waals surface area (Å²) in [5.74, 6) is -1.44. The number of fused-ring (bicyclic) bond motifs is 2. The molecule has 0 aromatic heterocycles. The fourth-order valence-electron chi connectivity index (χ4n) is 6.20. The molecule has 0 amide bonds. The molecular formula is C28H39NO8. The Morgan fingerprint density at radius 1 is 1.22 bits per heavy atom. The van der Waals surface area contributed by atoms with E-state index in [1.807, 2.05) is 0 Å². The average molecular weight is 518 g/mol. The van der Waals surface area contributed by atoms with Gasteiger partial charge in [0.25, 0.3) is 0 Å². The minimum atomic E-state index is -0.762. The Morgan fingerprint density at radius 2 is 1.92 bits per heavy atom. The van der Waals surface area contributed by atoms with Crippen LogP contribution in [0.2, 0.25) is 0 Å². The van der Waals surface area contributed by atoms with E-state index in [0.29, 0.717) is 19.4 Å². The highest BCUT2D eigenvalue weighted by atomic mass is 16.6. The second kappa shape index (κ2) is 11.1. The third kappa shape index (κ3) is 5.40. The number of carbonyl (C=O) groups is 3. The Labute approximate surface area is 218 Å². The van der Waals surface area contributed by atoms with E-state index >= 15 is 0 Å². The van der Waals surface area contributed by atoms with Crippen LogP contribution < -0.4 is 5.73 Å². The molecule has 2 saturated heterocycles. The quantitative estimate of drug-likeness (QED) is 0.116. The molecule has 2 N–H and O–H groups in total. The fourth-order valence-corrected chi connectivity index (χ4v) is 6.20. The molecule has 2 heterocycles. The van der Waals surface area contributed by atoms with Crippen molar-refractivity contribution in [2.24, 2.45) is 23.0 Å². The summed E-state index contributed by atoms with van der Waals surface area (Å²) in [5.41, 5.74) is 6.53. The topological polar surface area (TPSA) is 127 Å². The normalized spacial score (nSPS) is 35.6. The zero-order chi connectivity index (χ0) is 26.8. The lowest BCUT2D eigenvalue weighted by molar-refractivity contribution is -0.171. The van der Waals surface area contributed by atoms with E-state index in [2.05, 4.69) is 19.9 Å². The van der Waals surface area contributed by atoms with Crippen molar-refractivity contribution in [3.05, 3.63) is 36.0 Å². The summed E-state index contributed by atoms with van der Waals surface area (Å²) in [5, 5.41) is 0. The molecular weight excluding hydrogens is 478 g/mol. The molecule has 2 bridgehead atoms. The molecule has 37 heavy (non-hydrogen) atoms. The van der Waals surface area contributed by atoms with Crippen molar-refractivity contribution in [1.82, 2.24) is 0 Å². The molecule has 4 aliphatic rings. The minimum Gasteiger partial charge on any atom is -0.465 e. The number of hydrogen-bond donors (Lipinski definition) is 1. The van der Waals surface area contributed by atoms with Gasteiger partial charge < -0.3 is 29.4 Å². The van der Waals surface area contributed by atoms with Gasteiger partial charge in [0.1, 0.15) is 17.7 Å². The highest BCUT2D eigenvalue weighted by Gasteiger charge is 2.78. The zero-order valence-corrected chi connectivity index (χ0v) is 22.1. The molecule has 204 valence electrons. The van der Waals surface area contributed by atoms with Crippen LogP contribution in [0.15, 0.2) is 36.0 Å². The van der Waals surface area contributed by atoms with Crippen LogP contribution in [0.5, 0.6) is 0 Å².